The summed E-state index contributed by atoms with van der Waals surface area (Å²) >= 11 is 0. The minimum atomic E-state index is -4.54. The fourth-order valence-corrected chi connectivity index (χ4v) is 3.32. The molecule has 0 aromatic heterocycles. The van der Waals surface area contributed by atoms with E-state index in [1.807, 2.05) is 0 Å². The fraction of sp³-hybridized carbons (Fsp3) is 0.0909. The van der Waals surface area contributed by atoms with Crippen LogP contribution in [-0.4, -0.2) is 11.9 Å². The van der Waals surface area contributed by atoms with E-state index in [4.69, 9.17) is 4.74 Å². The predicted molar refractivity (Wildman–Crippen MR) is 107 cm³/mol. The van der Waals surface area contributed by atoms with E-state index >= 15 is 0 Å². The number of rotatable bonds is 2. The highest BCUT2D eigenvalue weighted by atomic mass is 19.4. The van der Waals surface area contributed by atoms with Crippen LogP contribution < -0.4 is 20.9 Å². The number of para-hydroxylation sites is 2. The van der Waals surface area contributed by atoms with E-state index in [0.29, 0.717) is 22.6 Å². The number of carbonyl (C=O) groups is 2. The van der Waals surface area contributed by atoms with Gasteiger partial charge in [0.1, 0.15) is 11.5 Å². The highest BCUT2D eigenvalue weighted by molar-refractivity contribution is 5.94. The average Bonchev–Trinajstić information content (AvgIpc) is 2.75. The lowest BCUT2D eigenvalue weighted by molar-refractivity contribution is -0.137. The molecule has 0 fully saturated rings. The fourth-order valence-electron chi connectivity index (χ4n) is 3.32. The molecular weight excluding hydrogens is 411 g/mol. The number of halogens is 3. The van der Waals surface area contributed by atoms with Gasteiger partial charge in [0.15, 0.2) is 0 Å². The molecule has 3 aromatic carbocycles. The number of hydrazine groups is 1. The maximum Gasteiger partial charge on any atom is 0.416 e. The number of ether oxygens (including phenoxy) is 1. The van der Waals surface area contributed by atoms with E-state index in [0.717, 1.165) is 12.1 Å². The van der Waals surface area contributed by atoms with Gasteiger partial charge in [-0.15, -0.1) is 0 Å². The molecule has 6 nitrogen and oxygen atoms in total. The summed E-state index contributed by atoms with van der Waals surface area (Å²) in [7, 11) is 0. The van der Waals surface area contributed by atoms with Gasteiger partial charge in [-0.05, 0) is 30.3 Å². The molecule has 0 saturated heterocycles. The van der Waals surface area contributed by atoms with Crippen molar-refractivity contribution in [2.45, 2.75) is 12.1 Å². The molecule has 1 heterocycles. The zero-order valence-corrected chi connectivity index (χ0v) is 15.9. The smallest absolute Gasteiger partial charge is 0.416 e. The Kier molecular flexibility index (Phi) is 5.24. The molecule has 31 heavy (non-hydrogen) atoms. The molecule has 158 valence electrons. The van der Waals surface area contributed by atoms with Crippen LogP contribution in [-0.2, 0) is 11.0 Å². The maximum absolute atomic E-state index is 12.9. The van der Waals surface area contributed by atoms with E-state index < -0.39 is 29.6 Å². The number of nitrogens with one attached hydrogen (secondary N) is 3. The Hall–Kier alpha value is -4.01. The van der Waals surface area contributed by atoms with Crippen LogP contribution in [0, 0.1) is 0 Å². The van der Waals surface area contributed by atoms with Gasteiger partial charge in [-0.3, -0.25) is 10.2 Å². The molecule has 0 radical (unpaired) electrons. The lowest BCUT2D eigenvalue weighted by Crippen LogP contribution is -2.46. The largest absolute Gasteiger partial charge is 0.457 e. The second-order valence-electron chi connectivity index (χ2n) is 6.76. The minimum Gasteiger partial charge on any atom is -0.457 e. The van der Waals surface area contributed by atoms with Crippen molar-refractivity contribution in [3.63, 3.8) is 0 Å². The summed E-state index contributed by atoms with van der Waals surface area (Å²) < 4.78 is 44.3. The normalized spacial score (nSPS) is 12.7. The molecule has 0 atom stereocenters. The van der Waals surface area contributed by atoms with E-state index in [-0.39, 0.29) is 5.69 Å². The Morgan fingerprint density at radius 2 is 1.42 bits per heavy atom. The molecule has 3 amide bonds. The van der Waals surface area contributed by atoms with E-state index in [1.165, 1.54) is 12.1 Å². The van der Waals surface area contributed by atoms with Crippen LogP contribution in [0.2, 0.25) is 0 Å². The van der Waals surface area contributed by atoms with Crippen molar-refractivity contribution >= 4 is 17.6 Å². The van der Waals surface area contributed by atoms with Crippen molar-refractivity contribution in [1.29, 1.82) is 0 Å². The third kappa shape index (κ3) is 4.30. The lowest BCUT2D eigenvalue weighted by atomic mass is 9.87. The van der Waals surface area contributed by atoms with E-state index in [9.17, 15) is 22.8 Å². The first-order valence-corrected chi connectivity index (χ1v) is 9.23. The number of benzene rings is 3. The van der Waals surface area contributed by atoms with Gasteiger partial charge < -0.3 is 10.1 Å². The average molecular weight is 427 g/mol. The van der Waals surface area contributed by atoms with Gasteiger partial charge in [0.2, 0.25) is 0 Å². The zero-order valence-electron chi connectivity index (χ0n) is 15.9. The highest BCUT2D eigenvalue weighted by Crippen LogP contribution is 2.43. The van der Waals surface area contributed by atoms with Crippen molar-refractivity contribution < 1.29 is 27.5 Å². The predicted octanol–water partition coefficient (Wildman–Crippen LogP) is 4.80. The first kappa shape index (κ1) is 20.3. The molecule has 0 bridgehead atoms. The van der Waals surface area contributed by atoms with Crippen LogP contribution in [0.5, 0.6) is 11.5 Å². The van der Waals surface area contributed by atoms with Gasteiger partial charge in [0.05, 0.1) is 11.5 Å². The second kappa shape index (κ2) is 8.02. The highest BCUT2D eigenvalue weighted by Gasteiger charge is 2.33. The molecule has 3 aromatic rings. The molecule has 0 aliphatic carbocycles. The topological polar surface area (TPSA) is 79.5 Å². The van der Waals surface area contributed by atoms with Crippen LogP contribution in [0.3, 0.4) is 0 Å². The summed E-state index contributed by atoms with van der Waals surface area (Å²) in [5.74, 6) is -0.220. The molecule has 1 aliphatic heterocycles. The number of alkyl halides is 3. The summed E-state index contributed by atoms with van der Waals surface area (Å²) in [5, 5.41) is 2.26. The van der Waals surface area contributed by atoms with E-state index in [1.54, 1.807) is 48.5 Å². The number of carbonyl (C=O) groups excluding carboxylic acids is 2. The molecule has 0 unspecified atom stereocenters. The first-order valence-electron chi connectivity index (χ1n) is 9.23. The molecule has 0 spiro atoms. The molecule has 4 rings (SSSR count). The summed E-state index contributed by atoms with van der Waals surface area (Å²) in [5.41, 5.74) is 4.78. The third-order valence-electron chi connectivity index (χ3n) is 4.69. The van der Waals surface area contributed by atoms with Gasteiger partial charge in [-0.25, -0.2) is 10.2 Å². The van der Waals surface area contributed by atoms with Crippen LogP contribution in [0.25, 0.3) is 0 Å². The van der Waals surface area contributed by atoms with Gasteiger partial charge in [-0.2, -0.15) is 13.2 Å². The molecule has 3 N–H and O–H groups in total. The minimum absolute atomic E-state index is 0.0664. The summed E-state index contributed by atoms with van der Waals surface area (Å²) in [4.78, 5) is 25.0. The van der Waals surface area contributed by atoms with Crippen molar-refractivity contribution in [3.8, 4) is 11.5 Å². The summed E-state index contributed by atoms with van der Waals surface area (Å²) in [6.07, 6.45) is -4.54. The monoisotopic (exact) mass is 427 g/mol. The van der Waals surface area contributed by atoms with Gasteiger partial charge in [0, 0.05) is 16.8 Å². The van der Waals surface area contributed by atoms with Crippen molar-refractivity contribution in [2.75, 3.05) is 5.32 Å². The van der Waals surface area contributed by atoms with Crippen LogP contribution in [0.4, 0.5) is 23.7 Å². The van der Waals surface area contributed by atoms with Gasteiger partial charge in [-0.1, -0.05) is 42.5 Å². The molecule has 9 heteroatoms. The van der Waals surface area contributed by atoms with Crippen LogP contribution in [0.15, 0.2) is 72.8 Å². The lowest BCUT2D eigenvalue weighted by Gasteiger charge is -2.27. The quantitative estimate of drug-likeness (QED) is 0.514. The van der Waals surface area contributed by atoms with Gasteiger partial charge >= 0.3 is 12.2 Å². The Morgan fingerprint density at radius 3 is 2.03 bits per heavy atom. The Balaban J connectivity index is 1.47. The van der Waals surface area contributed by atoms with E-state index in [2.05, 4.69) is 16.2 Å². The maximum atomic E-state index is 12.9. The van der Waals surface area contributed by atoms with Crippen molar-refractivity contribution in [1.82, 2.24) is 10.9 Å². The summed E-state index contributed by atoms with van der Waals surface area (Å²) in [6.45, 7) is 0. The SMILES string of the molecule is O=C(NNC(=O)C1c2ccccc2Oc2ccccc21)Nc1cccc(C(F)(F)F)c1. The Morgan fingerprint density at radius 1 is 0.806 bits per heavy atom. The summed E-state index contributed by atoms with van der Waals surface area (Å²) in [6, 6.07) is 17.3. The number of hydrogen-bond acceptors (Lipinski definition) is 3. The van der Waals surface area contributed by atoms with Crippen LogP contribution >= 0.6 is 0 Å². The zero-order chi connectivity index (χ0) is 22.0. The Bertz CT molecular complexity index is 1100. The van der Waals surface area contributed by atoms with Gasteiger partial charge in [0.25, 0.3) is 5.91 Å². The standard InChI is InChI=1S/C22H16F3N3O3/c23-22(24,25)13-6-5-7-14(12-13)26-21(30)28-27-20(29)19-15-8-1-3-10-17(15)31-18-11-4-2-9-16(18)19/h1-12,19H,(H,27,29)(H2,26,28,30). The number of anilines is 1. The van der Waals surface area contributed by atoms with Crippen molar-refractivity contribution in [2.24, 2.45) is 0 Å². The third-order valence-corrected chi connectivity index (χ3v) is 4.69. The number of hydrogen-bond donors (Lipinski definition) is 3. The molecule has 0 saturated carbocycles. The first-order chi connectivity index (χ1) is 14.8. The number of fused-ring (bicyclic) bond motifs is 2. The molecule has 1 aliphatic rings. The van der Waals surface area contributed by atoms with Crippen LogP contribution in [0.1, 0.15) is 22.6 Å². The number of amides is 3. The Labute approximate surface area is 175 Å². The molecular formula is C22H16F3N3O3. The second-order valence-corrected chi connectivity index (χ2v) is 6.76. The number of urea groups is 1. The van der Waals surface area contributed by atoms with Crippen molar-refractivity contribution in [3.05, 3.63) is 89.5 Å².